The average Bonchev–Trinajstić information content (AvgIpc) is 2.35. The normalized spacial score (nSPS) is 12.5. The molecule has 0 saturated heterocycles. The maximum absolute atomic E-state index is 12.1. The molecule has 1 aromatic rings. The summed E-state index contributed by atoms with van der Waals surface area (Å²) >= 11 is 3.60. The summed E-state index contributed by atoms with van der Waals surface area (Å²) in [6.45, 7) is 7.11. The molecule has 0 fully saturated rings. The highest BCUT2D eigenvalue weighted by Crippen LogP contribution is 2.13. The van der Waals surface area contributed by atoms with Crippen molar-refractivity contribution in [2.75, 3.05) is 6.54 Å². The monoisotopic (exact) mass is 311 g/mol. The van der Waals surface area contributed by atoms with E-state index in [1.165, 1.54) is 0 Å². The van der Waals surface area contributed by atoms with Gasteiger partial charge in [-0.3, -0.25) is 4.79 Å². The summed E-state index contributed by atoms with van der Waals surface area (Å²) < 4.78 is 0. The van der Waals surface area contributed by atoms with E-state index in [4.69, 9.17) is 0 Å². The van der Waals surface area contributed by atoms with Gasteiger partial charge in [-0.25, -0.2) is 0 Å². The number of aryl methyl sites for hydroxylation is 1. The number of nitrogens with one attached hydrogen (secondary N) is 1. The Morgan fingerprint density at radius 2 is 2.00 bits per heavy atom. The van der Waals surface area contributed by atoms with Crippen LogP contribution in [0.4, 0.5) is 0 Å². The number of carbonyl (C=O) groups is 1. The third-order valence-corrected chi connectivity index (χ3v) is 3.55. The van der Waals surface area contributed by atoms with Gasteiger partial charge in [-0.15, -0.1) is 0 Å². The van der Waals surface area contributed by atoms with Crippen LogP contribution in [0.5, 0.6) is 0 Å². The van der Waals surface area contributed by atoms with Gasteiger partial charge < -0.3 is 5.32 Å². The quantitative estimate of drug-likeness (QED) is 0.796. The lowest BCUT2D eigenvalue weighted by Gasteiger charge is -2.14. The van der Waals surface area contributed by atoms with E-state index >= 15 is 0 Å². The Morgan fingerprint density at radius 1 is 1.33 bits per heavy atom. The highest BCUT2D eigenvalue weighted by molar-refractivity contribution is 9.09. The van der Waals surface area contributed by atoms with E-state index in [9.17, 15) is 4.79 Å². The number of halogens is 1. The molecule has 1 aromatic carbocycles. The Kier molecular flexibility index (Phi) is 6.41. The smallest absolute Gasteiger partial charge is 0.251 e. The zero-order chi connectivity index (χ0) is 13.5. The van der Waals surface area contributed by atoms with Gasteiger partial charge in [0, 0.05) is 16.9 Å². The summed E-state index contributed by atoms with van der Waals surface area (Å²) in [5.74, 6) is 0.662. The molecule has 0 spiro atoms. The maximum atomic E-state index is 12.1. The molecule has 0 heterocycles. The molecule has 1 unspecified atom stereocenters. The Labute approximate surface area is 118 Å². The van der Waals surface area contributed by atoms with E-state index in [1.54, 1.807) is 0 Å². The lowest BCUT2D eigenvalue weighted by Crippen LogP contribution is -2.30. The van der Waals surface area contributed by atoms with E-state index in [2.05, 4.69) is 42.0 Å². The van der Waals surface area contributed by atoms with Crippen molar-refractivity contribution in [3.8, 4) is 0 Å². The van der Waals surface area contributed by atoms with Crippen LogP contribution in [0.3, 0.4) is 0 Å². The summed E-state index contributed by atoms with van der Waals surface area (Å²) in [5.41, 5.74) is 1.90. The van der Waals surface area contributed by atoms with Crippen LogP contribution in [-0.2, 0) is 6.42 Å². The molecule has 100 valence electrons. The van der Waals surface area contributed by atoms with Crippen molar-refractivity contribution >= 4 is 21.8 Å². The topological polar surface area (TPSA) is 29.1 Å². The van der Waals surface area contributed by atoms with Crippen molar-refractivity contribution in [3.63, 3.8) is 0 Å². The zero-order valence-corrected chi connectivity index (χ0v) is 13.0. The van der Waals surface area contributed by atoms with Crippen LogP contribution in [0.2, 0.25) is 0 Å². The number of carbonyl (C=O) groups excluding carboxylic acids is 1. The molecule has 1 atom stereocenters. The molecule has 0 aliphatic rings. The molecule has 0 radical (unpaired) electrons. The Bertz CT molecular complexity index is 390. The number of hydrogen-bond acceptors (Lipinski definition) is 1. The van der Waals surface area contributed by atoms with Gasteiger partial charge >= 0.3 is 0 Å². The van der Waals surface area contributed by atoms with E-state index in [1.807, 2.05) is 24.3 Å². The van der Waals surface area contributed by atoms with Crippen molar-refractivity contribution in [1.29, 1.82) is 0 Å². The summed E-state index contributed by atoms with van der Waals surface area (Å²) in [6.07, 6.45) is 1.95. The molecule has 0 bridgehead atoms. The van der Waals surface area contributed by atoms with Gasteiger partial charge in [0.15, 0.2) is 0 Å². The highest BCUT2D eigenvalue weighted by Gasteiger charge is 2.12. The van der Waals surface area contributed by atoms with Crippen molar-refractivity contribution in [2.45, 2.75) is 38.4 Å². The first kappa shape index (κ1) is 15.2. The molecular weight excluding hydrogens is 290 g/mol. The fourth-order valence-corrected chi connectivity index (χ4v) is 2.85. The van der Waals surface area contributed by atoms with Gasteiger partial charge in [0.2, 0.25) is 0 Å². The van der Waals surface area contributed by atoms with Crippen molar-refractivity contribution in [3.05, 3.63) is 35.4 Å². The second kappa shape index (κ2) is 7.57. The van der Waals surface area contributed by atoms with Crippen LogP contribution >= 0.6 is 15.9 Å². The molecule has 3 heteroatoms. The Balaban J connectivity index is 2.55. The van der Waals surface area contributed by atoms with E-state index < -0.39 is 0 Å². The average molecular weight is 312 g/mol. The summed E-state index contributed by atoms with van der Waals surface area (Å²) in [6, 6.07) is 7.78. The van der Waals surface area contributed by atoms with Crippen LogP contribution < -0.4 is 5.32 Å². The van der Waals surface area contributed by atoms with E-state index in [-0.39, 0.29) is 5.91 Å². The molecule has 1 amide bonds. The molecule has 0 aliphatic heterocycles. The van der Waals surface area contributed by atoms with Gasteiger partial charge in [-0.05, 0) is 30.4 Å². The third kappa shape index (κ3) is 4.81. The maximum Gasteiger partial charge on any atom is 0.251 e. The molecule has 0 aromatic heterocycles. The van der Waals surface area contributed by atoms with Gasteiger partial charge in [0.1, 0.15) is 0 Å². The zero-order valence-electron chi connectivity index (χ0n) is 11.4. The third-order valence-electron chi connectivity index (χ3n) is 2.85. The SMILES string of the molecule is CCc1ccccc1C(=O)NCC(Br)CC(C)C. The number of benzene rings is 1. The standard InChI is InChI=1S/C15H22BrNO/c1-4-12-7-5-6-8-14(12)15(18)17-10-13(16)9-11(2)3/h5-8,11,13H,4,9-10H2,1-3H3,(H,17,18). The van der Waals surface area contributed by atoms with E-state index in [0.717, 1.165) is 24.0 Å². The van der Waals surface area contributed by atoms with Crippen LogP contribution in [0.25, 0.3) is 0 Å². The second-order valence-electron chi connectivity index (χ2n) is 4.95. The minimum absolute atomic E-state index is 0.0284. The first-order valence-corrected chi connectivity index (χ1v) is 7.46. The molecule has 0 aliphatic carbocycles. The molecule has 0 saturated carbocycles. The van der Waals surface area contributed by atoms with Crippen LogP contribution in [0, 0.1) is 5.92 Å². The Hall–Kier alpha value is -0.830. The molecule has 18 heavy (non-hydrogen) atoms. The highest BCUT2D eigenvalue weighted by atomic mass is 79.9. The summed E-state index contributed by atoms with van der Waals surface area (Å²) in [7, 11) is 0. The summed E-state index contributed by atoms with van der Waals surface area (Å²) in [4.78, 5) is 12.4. The molecule has 2 nitrogen and oxygen atoms in total. The van der Waals surface area contributed by atoms with Gasteiger partial charge in [-0.2, -0.15) is 0 Å². The lowest BCUT2D eigenvalue weighted by molar-refractivity contribution is 0.0952. The lowest BCUT2D eigenvalue weighted by atomic mass is 10.0. The fraction of sp³-hybridized carbons (Fsp3) is 0.533. The van der Waals surface area contributed by atoms with Crippen LogP contribution in [0.15, 0.2) is 24.3 Å². The van der Waals surface area contributed by atoms with Crippen molar-refractivity contribution in [1.82, 2.24) is 5.32 Å². The molecule has 1 N–H and O–H groups in total. The van der Waals surface area contributed by atoms with Gasteiger partial charge in [0.25, 0.3) is 5.91 Å². The largest absolute Gasteiger partial charge is 0.351 e. The minimum atomic E-state index is 0.0284. The Morgan fingerprint density at radius 3 is 2.61 bits per heavy atom. The minimum Gasteiger partial charge on any atom is -0.351 e. The van der Waals surface area contributed by atoms with Crippen molar-refractivity contribution < 1.29 is 4.79 Å². The number of rotatable bonds is 6. The van der Waals surface area contributed by atoms with Gasteiger partial charge in [-0.1, -0.05) is 54.9 Å². The van der Waals surface area contributed by atoms with Gasteiger partial charge in [0.05, 0.1) is 0 Å². The molecule has 1 rings (SSSR count). The predicted molar refractivity (Wildman–Crippen MR) is 80.3 cm³/mol. The van der Waals surface area contributed by atoms with Crippen LogP contribution in [-0.4, -0.2) is 17.3 Å². The first-order chi connectivity index (χ1) is 8.54. The number of amides is 1. The predicted octanol–water partition coefficient (Wildman–Crippen LogP) is 3.79. The summed E-state index contributed by atoms with van der Waals surface area (Å²) in [5, 5.41) is 2.99. The fourth-order valence-electron chi connectivity index (χ4n) is 1.94. The number of alkyl halides is 1. The van der Waals surface area contributed by atoms with Crippen molar-refractivity contribution in [2.24, 2.45) is 5.92 Å². The molecular formula is C15H22BrNO. The van der Waals surface area contributed by atoms with E-state index in [0.29, 0.717) is 17.3 Å². The second-order valence-corrected chi connectivity index (χ2v) is 6.24. The first-order valence-electron chi connectivity index (χ1n) is 6.54. The number of hydrogen-bond donors (Lipinski definition) is 1. The van der Waals surface area contributed by atoms with Crippen LogP contribution in [0.1, 0.15) is 43.1 Å².